The van der Waals surface area contributed by atoms with Gasteiger partial charge in [0, 0.05) is 0 Å². The number of nitrogens with zero attached hydrogens (tertiary/aromatic N) is 2. The lowest BCUT2D eigenvalue weighted by Gasteiger charge is -2.29. The molecule has 0 radical (unpaired) electrons. The van der Waals surface area contributed by atoms with Crippen LogP contribution in [0.15, 0.2) is 28.1 Å². The Kier molecular flexibility index (Phi) is 3.97. The van der Waals surface area contributed by atoms with Crippen molar-refractivity contribution >= 4 is 23.3 Å². The normalized spacial score (nSPS) is 21.3. The second kappa shape index (κ2) is 5.81. The van der Waals surface area contributed by atoms with E-state index in [0.29, 0.717) is 18.1 Å². The molecule has 0 saturated carbocycles. The molecule has 23 heavy (non-hydrogen) atoms. The average Bonchev–Trinajstić information content (AvgIpc) is 3.22. The van der Waals surface area contributed by atoms with Crippen LogP contribution in [-0.4, -0.2) is 27.4 Å². The first-order valence-electron chi connectivity index (χ1n) is 7.60. The van der Waals surface area contributed by atoms with Crippen molar-refractivity contribution in [1.29, 1.82) is 0 Å². The minimum absolute atomic E-state index is 0.0141. The Hall–Kier alpha value is -2.15. The van der Waals surface area contributed by atoms with E-state index in [9.17, 15) is 9.59 Å². The number of thiophene rings is 1. The number of rotatable bonds is 5. The zero-order valence-electron chi connectivity index (χ0n) is 13.3. The first-order valence-corrected chi connectivity index (χ1v) is 8.48. The summed E-state index contributed by atoms with van der Waals surface area (Å²) in [7, 11) is 0. The van der Waals surface area contributed by atoms with E-state index in [2.05, 4.69) is 10.3 Å². The molecule has 6 nitrogen and oxygen atoms in total. The zero-order valence-corrected chi connectivity index (χ0v) is 14.1. The summed E-state index contributed by atoms with van der Waals surface area (Å²) in [6.45, 7) is 5.82. The lowest BCUT2D eigenvalue weighted by atomic mass is 9.84. The molecule has 3 rings (SSSR count). The fourth-order valence-electron chi connectivity index (χ4n) is 2.88. The Morgan fingerprint density at radius 1 is 1.43 bits per heavy atom. The molecule has 2 aromatic heterocycles. The number of carbonyl (C=O) groups excluding carboxylic acids is 2. The number of nitrogens with one attached hydrogen (secondary N) is 1. The molecule has 1 fully saturated rings. The Morgan fingerprint density at radius 2 is 2.22 bits per heavy atom. The summed E-state index contributed by atoms with van der Waals surface area (Å²) in [5.74, 6) is 0.802. The van der Waals surface area contributed by atoms with Gasteiger partial charge in [0.05, 0.1) is 11.1 Å². The van der Waals surface area contributed by atoms with Crippen LogP contribution in [0, 0.1) is 5.92 Å². The number of amides is 3. The lowest BCUT2D eigenvalue weighted by molar-refractivity contribution is -0.133. The summed E-state index contributed by atoms with van der Waals surface area (Å²) in [5, 5.41) is 4.79. The molecule has 0 spiro atoms. The number of urea groups is 1. The molecule has 3 heterocycles. The summed E-state index contributed by atoms with van der Waals surface area (Å²) in [5.41, 5.74) is -0.833. The minimum Gasteiger partial charge on any atom is -0.438 e. The van der Waals surface area contributed by atoms with Crippen molar-refractivity contribution in [3.05, 3.63) is 29.6 Å². The maximum absolute atomic E-state index is 12.7. The van der Waals surface area contributed by atoms with Crippen LogP contribution in [0.25, 0.3) is 10.6 Å². The first kappa shape index (κ1) is 15.7. The highest BCUT2D eigenvalue weighted by atomic mass is 32.1. The van der Waals surface area contributed by atoms with Gasteiger partial charge >= 0.3 is 6.03 Å². The number of imide groups is 1. The van der Waals surface area contributed by atoms with Crippen molar-refractivity contribution in [2.75, 3.05) is 0 Å². The van der Waals surface area contributed by atoms with E-state index in [0.717, 1.165) is 4.88 Å². The van der Waals surface area contributed by atoms with Gasteiger partial charge in [-0.25, -0.2) is 9.78 Å². The molecule has 1 atom stereocenters. The molecule has 7 heteroatoms. The van der Waals surface area contributed by atoms with Crippen LogP contribution in [0.1, 0.15) is 33.1 Å². The largest absolute Gasteiger partial charge is 0.438 e. The Morgan fingerprint density at radius 3 is 2.78 bits per heavy atom. The summed E-state index contributed by atoms with van der Waals surface area (Å²) < 4.78 is 5.67. The first-order chi connectivity index (χ1) is 11.0. The van der Waals surface area contributed by atoms with Crippen LogP contribution in [0.2, 0.25) is 0 Å². The third-order valence-corrected chi connectivity index (χ3v) is 5.24. The van der Waals surface area contributed by atoms with Crippen LogP contribution in [0.4, 0.5) is 4.79 Å². The number of aromatic nitrogens is 1. The van der Waals surface area contributed by atoms with Gasteiger partial charge in [-0.15, -0.1) is 11.3 Å². The monoisotopic (exact) mass is 333 g/mol. The summed E-state index contributed by atoms with van der Waals surface area (Å²) in [4.78, 5) is 31.3. The van der Waals surface area contributed by atoms with Gasteiger partial charge in [-0.3, -0.25) is 9.69 Å². The van der Waals surface area contributed by atoms with Gasteiger partial charge in [0.1, 0.15) is 12.1 Å². The fraction of sp³-hybridized carbons (Fsp3) is 0.438. The van der Waals surface area contributed by atoms with Gasteiger partial charge in [-0.2, -0.15) is 0 Å². The van der Waals surface area contributed by atoms with Crippen molar-refractivity contribution in [1.82, 2.24) is 15.2 Å². The highest BCUT2D eigenvalue weighted by Crippen LogP contribution is 2.31. The van der Waals surface area contributed by atoms with Gasteiger partial charge < -0.3 is 9.73 Å². The Balaban J connectivity index is 1.81. The predicted octanol–water partition coefficient (Wildman–Crippen LogP) is 3.26. The van der Waals surface area contributed by atoms with E-state index in [-0.39, 0.29) is 24.4 Å². The molecular formula is C16H19N3O3S. The van der Waals surface area contributed by atoms with Crippen LogP contribution in [-0.2, 0) is 11.3 Å². The number of hydrogen-bond acceptors (Lipinski definition) is 5. The van der Waals surface area contributed by atoms with Gasteiger partial charge in [-0.1, -0.05) is 26.8 Å². The van der Waals surface area contributed by atoms with Crippen LogP contribution < -0.4 is 5.32 Å². The highest BCUT2D eigenvalue weighted by Gasteiger charge is 2.52. The predicted molar refractivity (Wildman–Crippen MR) is 86.8 cm³/mol. The topological polar surface area (TPSA) is 75.4 Å². The average molecular weight is 333 g/mol. The Labute approximate surface area is 138 Å². The van der Waals surface area contributed by atoms with E-state index in [1.165, 1.54) is 4.90 Å². The van der Waals surface area contributed by atoms with Crippen LogP contribution in [0.5, 0.6) is 0 Å². The molecule has 1 aliphatic rings. The van der Waals surface area contributed by atoms with Crippen LogP contribution >= 0.6 is 11.3 Å². The van der Waals surface area contributed by atoms with E-state index >= 15 is 0 Å². The summed E-state index contributed by atoms with van der Waals surface area (Å²) in [6, 6.07) is 3.47. The lowest BCUT2D eigenvalue weighted by Crippen LogP contribution is -2.50. The highest BCUT2D eigenvalue weighted by molar-refractivity contribution is 7.13. The van der Waals surface area contributed by atoms with E-state index in [1.54, 1.807) is 17.5 Å². The number of hydrogen-bond donors (Lipinski definition) is 1. The van der Waals surface area contributed by atoms with Crippen molar-refractivity contribution in [3.63, 3.8) is 0 Å². The number of carbonyl (C=O) groups is 2. The van der Waals surface area contributed by atoms with Crippen molar-refractivity contribution in [2.24, 2.45) is 5.92 Å². The fourth-order valence-corrected chi connectivity index (χ4v) is 3.55. The molecule has 0 aliphatic carbocycles. The van der Waals surface area contributed by atoms with E-state index < -0.39 is 5.54 Å². The maximum Gasteiger partial charge on any atom is 0.325 e. The van der Waals surface area contributed by atoms with Crippen LogP contribution in [0.3, 0.4) is 0 Å². The molecule has 1 N–H and O–H groups in total. The van der Waals surface area contributed by atoms with Gasteiger partial charge in [0.25, 0.3) is 5.91 Å². The molecule has 1 saturated heterocycles. The number of oxazole rings is 1. The molecule has 0 bridgehead atoms. The van der Waals surface area contributed by atoms with E-state index in [4.69, 9.17) is 4.42 Å². The summed E-state index contributed by atoms with van der Waals surface area (Å²) in [6.07, 6.45) is 2.17. The quantitative estimate of drug-likeness (QED) is 0.852. The second-order valence-corrected chi connectivity index (χ2v) is 6.84. The van der Waals surface area contributed by atoms with Crippen molar-refractivity contribution in [3.8, 4) is 10.6 Å². The molecule has 2 aromatic rings. The van der Waals surface area contributed by atoms with E-state index in [1.807, 2.05) is 38.3 Å². The molecule has 0 aromatic carbocycles. The zero-order chi connectivity index (χ0) is 16.6. The third kappa shape index (κ3) is 2.55. The summed E-state index contributed by atoms with van der Waals surface area (Å²) >= 11 is 1.55. The van der Waals surface area contributed by atoms with Gasteiger partial charge in [0.15, 0.2) is 5.76 Å². The smallest absolute Gasteiger partial charge is 0.325 e. The molecule has 1 unspecified atom stereocenters. The molecular weight excluding hydrogens is 314 g/mol. The maximum atomic E-state index is 12.7. The second-order valence-electron chi connectivity index (χ2n) is 5.90. The SMILES string of the molecule is CCC1(C(C)C)NC(=O)N(Cc2ncc(-c3cccs3)o2)C1=O. The minimum atomic E-state index is -0.833. The van der Waals surface area contributed by atoms with Crippen molar-refractivity contribution < 1.29 is 14.0 Å². The third-order valence-electron chi connectivity index (χ3n) is 4.36. The molecule has 122 valence electrons. The van der Waals surface area contributed by atoms with Gasteiger partial charge in [-0.05, 0) is 23.8 Å². The van der Waals surface area contributed by atoms with Crippen molar-refractivity contribution in [2.45, 2.75) is 39.3 Å². The standard InChI is InChI=1S/C16H19N3O3S/c1-4-16(10(2)3)14(20)19(15(21)18-16)9-13-17-8-11(22-13)12-6-5-7-23-12/h5-8,10H,4,9H2,1-3H3,(H,18,21). The Bertz CT molecular complexity index is 723. The van der Waals surface area contributed by atoms with Gasteiger partial charge in [0.2, 0.25) is 5.89 Å². The molecule has 3 amide bonds. The molecule has 1 aliphatic heterocycles.